The van der Waals surface area contributed by atoms with Crippen LogP contribution in [0.15, 0.2) is 6.33 Å². The van der Waals surface area contributed by atoms with E-state index in [1.54, 1.807) is 0 Å². The van der Waals surface area contributed by atoms with Crippen LogP contribution in [0, 0.1) is 5.41 Å². The van der Waals surface area contributed by atoms with Crippen molar-refractivity contribution < 1.29 is 5.11 Å². The van der Waals surface area contributed by atoms with E-state index in [4.69, 9.17) is 22.4 Å². The lowest BCUT2D eigenvalue weighted by molar-refractivity contribution is 0.219. The molecule has 0 atom stereocenters. The molecule has 82 valence electrons. The number of hydrogen-bond acceptors (Lipinski definition) is 5. The number of nitrogens with zero attached hydrogens (tertiary/aromatic N) is 2. The number of halogens is 1. The van der Waals surface area contributed by atoms with Gasteiger partial charge in [-0.25, -0.2) is 9.97 Å². The van der Waals surface area contributed by atoms with Gasteiger partial charge in [-0.2, -0.15) is 0 Å². The third-order valence-electron chi connectivity index (χ3n) is 2.76. The summed E-state index contributed by atoms with van der Waals surface area (Å²) in [7, 11) is 0. The third kappa shape index (κ3) is 2.13. The number of aliphatic hydroxyl groups excluding tert-OH is 1. The molecule has 0 radical (unpaired) electrons. The summed E-state index contributed by atoms with van der Waals surface area (Å²) >= 11 is 5.75. The number of nitrogen functional groups attached to an aromatic ring is 1. The lowest BCUT2D eigenvalue weighted by Gasteiger charge is -2.14. The highest BCUT2D eigenvalue weighted by atomic mass is 35.5. The van der Waals surface area contributed by atoms with Crippen molar-refractivity contribution in [3.63, 3.8) is 0 Å². The highest BCUT2D eigenvalue weighted by molar-refractivity contribution is 6.32. The van der Waals surface area contributed by atoms with E-state index in [1.165, 1.54) is 6.33 Å². The Labute approximate surface area is 92.7 Å². The van der Waals surface area contributed by atoms with E-state index in [1.807, 2.05) is 0 Å². The molecule has 5 nitrogen and oxygen atoms in total. The maximum absolute atomic E-state index is 9.13. The lowest BCUT2D eigenvalue weighted by atomic mass is 10.1. The minimum absolute atomic E-state index is 0.0177. The van der Waals surface area contributed by atoms with Crippen molar-refractivity contribution in [2.24, 2.45) is 5.41 Å². The van der Waals surface area contributed by atoms with Crippen molar-refractivity contribution in [3.05, 3.63) is 11.5 Å². The summed E-state index contributed by atoms with van der Waals surface area (Å²) in [6.07, 6.45) is 3.43. The van der Waals surface area contributed by atoms with Crippen molar-refractivity contribution in [3.8, 4) is 0 Å². The van der Waals surface area contributed by atoms with Crippen LogP contribution < -0.4 is 11.1 Å². The van der Waals surface area contributed by atoms with E-state index in [2.05, 4.69) is 15.3 Å². The van der Waals surface area contributed by atoms with Crippen molar-refractivity contribution in [1.82, 2.24) is 9.97 Å². The van der Waals surface area contributed by atoms with E-state index < -0.39 is 0 Å². The average Bonchev–Trinajstić information content (AvgIpc) is 3.01. The number of nitrogens with one attached hydrogen (secondary N) is 1. The summed E-state index contributed by atoms with van der Waals surface area (Å²) in [6, 6.07) is 0. The van der Waals surface area contributed by atoms with Crippen molar-refractivity contribution in [2.75, 3.05) is 24.2 Å². The van der Waals surface area contributed by atoms with Gasteiger partial charge in [0.1, 0.15) is 12.0 Å². The Morgan fingerprint density at radius 3 is 2.87 bits per heavy atom. The molecule has 0 amide bonds. The molecule has 0 aromatic carbocycles. The zero-order valence-electron chi connectivity index (χ0n) is 8.20. The molecule has 0 unspecified atom stereocenters. The van der Waals surface area contributed by atoms with Crippen LogP contribution in [0.3, 0.4) is 0 Å². The third-order valence-corrected chi connectivity index (χ3v) is 3.06. The van der Waals surface area contributed by atoms with Crippen LogP contribution >= 0.6 is 11.6 Å². The summed E-state index contributed by atoms with van der Waals surface area (Å²) in [4.78, 5) is 7.75. The van der Waals surface area contributed by atoms with Crippen molar-refractivity contribution in [2.45, 2.75) is 12.8 Å². The Hall–Kier alpha value is -1.07. The molecular weight excluding hydrogens is 216 g/mol. The predicted octanol–water partition coefficient (Wildman–Crippen LogP) is 0.897. The molecule has 1 heterocycles. The fourth-order valence-electron chi connectivity index (χ4n) is 1.35. The van der Waals surface area contributed by atoms with Crippen molar-refractivity contribution >= 4 is 23.1 Å². The maximum atomic E-state index is 9.13. The number of anilines is 2. The second-order valence-electron chi connectivity index (χ2n) is 3.94. The summed E-state index contributed by atoms with van der Waals surface area (Å²) in [5, 5.41) is 12.5. The molecule has 0 spiro atoms. The lowest BCUT2D eigenvalue weighted by Crippen LogP contribution is -2.20. The molecule has 0 aliphatic heterocycles. The summed E-state index contributed by atoms with van der Waals surface area (Å²) < 4.78 is 0. The van der Waals surface area contributed by atoms with E-state index in [-0.39, 0.29) is 17.2 Å². The molecule has 1 aliphatic carbocycles. The number of hydrogen-bond donors (Lipinski definition) is 3. The van der Waals surface area contributed by atoms with Gasteiger partial charge in [0, 0.05) is 12.0 Å². The van der Waals surface area contributed by atoms with Crippen LogP contribution in [-0.2, 0) is 0 Å². The molecule has 1 fully saturated rings. The van der Waals surface area contributed by atoms with Crippen LogP contribution in [0.1, 0.15) is 12.8 Å². The summed E-state index contributed by atoms with van der Waals surface area (Å²) in [5.74, 6) is 0.537. The fourth-order valence-corrected chi connectivity index (χ4v) is 1.49. The number of aliphatic hydroxyl groups is 1. The topological polar surface area (TPSA) is 84.1 Å². The zero-order chi connectivity index (χ0) is 10.9. The number of aromatic nitrogens is 2. The highest BCUT2D eigenvalue weighted by Gasteiger charge is 2.41. The molecule has 1 saturated carbocycles. The second-order valence-corrected chi connectivity index (χ2v) is 4.30. The normalized spacial score (nSPS) is 17.5. The molecule has 6 heteroatoms. The van der Waals surface area contributed by atoms with E-state index >= 15 is 0 Å². The van der Waals surface area contributed by atoms with Gasteiger partial charge in [0.25, 0.3) is 0 Å². The average molecular weight is 229 g/mol. The largest absolute Gasteiger partial charge is 0.396 e. The van der Waals surface area contributed by atoms with Gasteiger partial charge in [-0.05, 0) is 12.8 Å². The Morgan fingerprint density at radius 2 is 2.27 bits per heavy atom. The van der Waals surface area contributed by atoms with Crippen LogP contribution in [0.25, 0.3) is 0 Å². The molecule has 0 bridgehead atoms. The van der Waals surface area contributed by atoms with Crippen LogP contribution in [0.4, 0.5) is 11.5 Å². The standard InChI is InChI=1S/C9H13ClN4O/c10-7-6(11)8(14-5-13-7)12-3-9(4-15)1-2-9/h5,15H,1-4,11H2,(H,12,13,14). The first-order valence-electron chi connectivity index (χ1n) is 4.78. The maximum Gasteiger partial charge on any atom is 0.157 e. The summed E-state index contributed by atoms with van der Waals surface area (Å²) in [6.45, 7) is 0.861. The fraction of sp³-hybridized carbons (Fsp3) is 0.556. The Bertz CT molecular complexity index is 367. The van der Waals surface area contributed by atoms with Crippen LogP contribution in [0.2, 0.25) is 5.15 Å². The molecule has 1 aromatic rings. The van der Waals surface area contributed by atoms with Gasteiger partial charge < -0.3 is 16.2 Å². The first-order valence-corrected chi connectivity index (χ1v) is 5.15. The monoisotopic (exact) mass is 228 g/mol. The van der Waals surface area contributed by atoms with Gasteiger partial charge in [0.05, 0.1) is 6.61 Å². The molecule has 2 rings (SSSR count). The number of rotatable bonds is 4. The molecule has 1 aromatic heterocycles. The first kappa shape index (κ1) is 10.4. The molecule has 4 N–H and O–H groups in total. The van der Waals surface area contributed by atoms with E-state index in [0.29, 0.717) is 18.1 Å². The van der Waals surface area contributed by atoms with E-state index in [0.717, 1.165) is 12.8 Å². The van der Waals surface area contributed by atoms with Crippen LogP contribution in [-0.4, -0.2) is 28.2 Å². The second kappa shape index (κ2) is 3.83. The zero-order valence-corrected chi connectivity index (χ0v) is 8.96. The first-order chi connectivity index (χ1) is 7.17. The van der Waals surface area contributed by atoms with Gasteiger partial charge >= 0.3 is 0 Å². The van der Waals surface area contributed by atoms with Crippen molar-refractivity contribution in [1.29, 1.82) is 0 Å². The van der Waals surface area contributed by atoms with E-state index in [9.17, 15) is 0 Å². The van der Waals surface area contributed by atoms with Gasteiger partial charge in [-0.1, -0.05) is 11.6 Å². The quantitative estimate of drug-likeness (QED) is 0.667. The molecule has 0 saturated heterocycles. The molecular formula is C9H13ClN4O. The number of nitrogens with two attached hydrogens (primary N) is 1. The van der Waals surface area contributed by atoms with Gasteiger partial charge in [0.2, 0.25) is 0 Å². The molecule has 1 aliphatic rings. The van der Waals surface area contributed by atoms with Gasteiger partial charge in [-0.15, -0.1) is 0 Å². The molecule has 15 heavy (non-hydrogen) atoms. The Kier molecular flexibility index (Phi) is 2.67. The Balaban J connectivity index is 2.02. The smallest absolute Gasteiger partial charge is 0.157 e. The highest BCUT2D eigenvalue weighted by Crippen LogP contribution is 2.45. The SMILES string of the molecule is Nc1c(Cl)ncnc1NCC1(CO)CC1. The van der Waals surface area contributed by atoms with Gasteiger partial charge in [0.15, 0.2) is 11.0 Å². The minimum Gasteiger partial charge on any atom is -0.396 e. The minimum atomic E-state index is 0.0177. The van der Waals surface area contributed by atoms with Gasteiger partial charge in [-0.3, -0.25) is 0 Å². The Morgan fingerprint density at radius 1 is 1.53 bits per heavy atom. The predicted molar refractivity (Wildman–Crippen MR) is 58.7 cm³/mol. The summed E-state index contributed by atoms with van der Waals surface area (Å²) in [5.41, 5.74) is 6.06. The van der Waals surface area contributed by atoms with Crippen LogP contribution in [0.5, 0.6) is 0 Å².